The van der Waals surface area contributed by atoms with E-state index in [4.69, 9.17) is 5.73 Å². The summed E-state index contributed by atoms with van der Waals surface area (Å²) in [6, 6.07) is 0. The van der Waals surface area contributed by atoms with Crippen molar-refractivity contribution in [2.75, 3.05) is 19.6 Å². The van der Waals surface area contributed by atoms with Gasteiger partial charge in [0.1, 0.15) is 0 Å². The molecule has 0 atom stereocenters. The van der Waals surface area contributed by atoms with Crippen LogP contribution in [-0.2, 0) is 0 Å². The van der Waals surface area contributed by atoms with Gasteiger partial charge in [-0.15, -0.1) is 0 Å². The van der Waals surface area contributed by atoms with Crippen molar-refractivity contribution in [2.24, 2.45) is 11.7 Å². The zero-order valence-electron chi connectivity index (χ0n) is 3.78. The second kappa shape index (κ2) is 1.58. The molecule has 0 bridgehead atoms. The van der Waals surface area contributed by atoms with Gasteiger partial charge in [-0.3, -0.25) is 0 Å². The van der Waals surface area contributed by atoms with Gasteiger partial charge in [-0.2, -0.15) is 0 Å². The Hall–Kier alpha value is -0.0800. The van der Waals surface area contributed by atoms with Gasteiger partial charge in [0.25, 0.3) is 0 Å². The van der Waals surface area contributed by atoms with Crippen molar-refractivity contribution in [1.29, 1.82) is 0 Å². The first kappa shape index (κ1) is 4.09. The van der Waals surface area contributed by atoms with Gasteiger partial charge in [-0.25, -0.2) is 0 Å². The summed E-state index contributed by atoms with van der Waals surface area (Å²) >= 11 is 0. The molecule has 0 saturated carbocycles. The second-order valence-corrected chi connectivity index (χ2v) is 1.76. The third-order valence-electron chi connectivity index (χ3n) is 1.20. The molecule has 2 nitrogen and oxygen atoms in total. The molecule has 1 aliphatic rings. The van der Waals surface area contributed by atoms with Gasteiger partial charge in [-0.1, -0.05) is 0 Å². The first-order valence-electron chi connectivity index (χ1n) is 2.34. The van der Waals surface area contributed by atoms with Gasteiger partial charge < -0.3 is 11.1 Å². The highest BCUT2D eigenvalue weighted by atomic mass is 15.0. The van der Waals surface area contributed by atoms with Crippen molar-refractivity contribution in [3.05, 3.63) is 0 Å². The summed E-state index contributed by atoms with van der Waals surface area (Å²) in [5.74, 6) is 0.782. The van der Waals surface area contributed by atoms with Gasteiger partial charge in [0.2, 0.25) is 0 Å². The van der Waals surface area contributed by atoms with Crippen LogP contribution in [0.4, 0.5) is 0 Å². The zero-order chi connectivity index (χ0) is 4.41. The lowest BCUT2D eigenvalue weighted by Crippen LogP contribution is -2.45. The van der Waals surface area contributed by atoms with Crippen LogP contribution < -0.4 is 11.1 Å². The quantitative estimate of drug-likeness (QED) is 0.437. The molecule has 0 spiro atoms. The molecule has 0 aromatic heterocycles. The first-order chi connectivity index (χ1) is 2.93. The van der Waals surface area contributed by atoms with E-state index in [1.165, 1.54) is 0 Å². The summed E-state index contributed by atoms with van der Waals surface area (Å²) < 4.78 is 0. The molecule has 6 heavy (non-hydrogen) atoms. The second-order valence-electron chi connectivity index (χ2n) is 1.76. The van der Waals surface area contributed by atoms with Crippen LogP contribution in [0.3, 0.4) is 0 Å². The molecule has 1 rings (SSSR count). The Morgan fingerprint density at radius 3 is 2.33 bits per heavy atom. The maximum Gasteiger partial charge on any atom is 0.000386 e. The lowest BCUT2D eigenvalue weighted by Gasteiger charge is -2.24. The fraction of sp³-hybridized carbons (Fsp3) is 1.00. The molecular weight excluding hydrogens is 76.1 g/mol. The van der Waals surface area contributed by atoms with Gasteiger partial charge in [-0.05, 0) is 12.5 Å². The first-order valence-corrected chi connectivity index (χ1v) is 2.34. The zero-order valence-corrected chi connectivity index (χ0v) is 3.78. The number of nitrogens with two attached hydrogens (primary N) is 1. The maximum absolute atomic E-state index is 5.29. The van der Waals surface area contributed by atoms with Crippen LogP contribution in [0.2, 0.25) is 0 Å². The highest BCUT2D eigenvalue weighted by molar-refractivity contribution is 4.74. The van der Waals surface area contributed by atoms with Crippen molar-refractivity contribution < 1.29 is 0 Å². The Kier molecular flexibility index (Phi) is 1.08. The fourth-order valence-electron chi connectivity index (χ4n) is 0.515. The lowest BCUT2D eigenvalue weighted by atomic mass is 10.1. The average molecular weight is 86.1 g/mol. The van der Waals surface area contributed by atoms with Crippen LogP contribution in [-0.4, -0.2) is 19.6 Å². The monoisotopic (exact) mass is 86.1 g/mol. The SMILES string of the molecule is NCC1CNC1. The summed E-state index contributed by atoms with van der Waals surface area (Å²) in [5.41, 5.74) is 5.29. The number of hydrogen-bond donors (Lipinski definition) is 2. The van der Waals surface area contributed by atoms with Gasteiger partial charge in [0.05, 0.1) is 0 Å². The number of hydrogen-bond acceptors (Lipinski definition) is 2. The van der Waals surface area contributed by atoms with Crippen molar-refractivity contribution in [3.8, 4) is 0 Å². The van der Waals surface area contributed by atoms with E-state index in [9.17, 15) is 0 Å². The number of nitrogens with one attached hydrogen (secondary N) is 1. The predicted octanol–water partition coefficient (Wildman–Crippen LogP) is -0.836. The minimum Gasteiger partial charge on any atom is -0.330 e. The molecule has 0 amide bonds. The average Bonchev–Trinajstić information content (AvgIpc) is 1.31. The Morgan fingerprint density at radius 2 is 2.33 bits per heavy atom. The molecule has 0 aromatic carbocycles. The van der Waals surface area contributed by atoms with E-state index >= 15 is 0 Å². The van der Waals surface area contributed by atoms with Gasteiger partial charge >= 0.3 is 0 Å². The van der Waals surface area contributed by atoms with E-state index in [0.29, 0.717) is 0 Å². The van der Waals surface area contributed by atoms with E-state index in [1.807, 2.05) is 0 Å². The standard InChI is InChI=1S/C4H10N2/c5-1-4-2-6-3-4/h4,6H,1-3,5H2. The largest absolute Gasteiger partial charge is 0.330 e. The Balaban J connectivity index is 2.01. The summed E-state index contributed by atoms with van der Waals surface area (Å²) in [4.78, 5) is 0. The molecule has 1 heterocycles. The predicted molar refractivity (Wildman–Crippen MR) is 25.4 cm³/mol. The molecule has 36 valence electrons. The van der Waals surface area contributed by atoms with E-state index in [-0.39, 0.29) is 0 Å². The molecule has 1 fully saturated rings. The van der Waals surface area contributed by atoms with Crippen LogP contribution in [0, 0.1) is 5.92 Å². The van der Waals surface area contributed by atoms with Crippen molar-refractivity contribution in [2.45, 2.75) is 0 Å². The molecular formula is C4H10N2. The Labute approximate surface area is 37.7 Å². The van der Waals surface area contributed by atoms with Crippen LogP contribution in [0.5, 0.6) is 0 Å². The van der Waals surface area contributed by atoms with Crippen LogP contribution in [0.25, 0.3) is 0 Å². The normalized spacial score (nSPS) is 23.5. The molecule has 0 radical (unpaired) electrons. The summed E-state index contributed by atoms with van der Waals surface area (Å²) in [5, 5.41) is 3.13. The van der Waals surface area contributed by atoms with Crippen molar-refractivity contribution >= 4 is 0 Å². The third kappa shape index (κ3) is 0.533. The van der Waals surface area contributed by atoms with Crippen molar-refractivity contribution in [3.63, 3.8) is 0 Å². The highest BCUT2D eigenvalue weighted by Crippen LogP contribution is 1.96. The van der Waals surface area contributed by atoms with Crippen LogP contribution in [0.1, 0.15) is 0 Å². The fourth-order valence-corrected chi connectivity index (χ4v) is 0.515. The van der Waals surface area contributed by atoms with E-state index < -0.39 is 0 Å². The van der Waals surface area contributed by atoms with Crippen LogP contribution in [0.15, 0.2) is 0 Å². The molecule has 0 aromatic rings. The molecule has 3 N–H and O–H groups in total. The van der Waals surface area contributed by atoms with Gasteiger partial charge in [0, 0.05) is 13.1 Å². The van der Waals surface area contributed by atoms with Crippen LogP contribution >= 0.6 is 0 Å². The van der Waals surface area contributed by atoms with Gasteiger partial charge in [0.15, 0.2) is 0 Å². The lowest BCUT2D eigenvalue weighted by molar-refractivity contribution is 0.357. The minimum atomic E-state index is 0.782. The summed E-state index contributed by atoms with van der Waals surface area (Å²) in [7, 11) is 0. The summed E-state index contributed by atoms with van der Waals surface area (Å²) in [6.07, 6.45) is 0. The smallest absolute Gasteiger partial charge is 0.000386 e. The number of rotatable bonds is 1. The van der Waals surface area contributed by atoms with E-state index in [0.717, 1.165) is 25.6 Å². The molecule has 1 aliphatic heterocycles. The maximum atomic E-state index is 5.29. The topological polar surface area (TPSA) is 38.0 Å². The minimum absolute atomic E-state index is 0.782. The Morgan fingerprint density at radius 1 is 1.67 bits per heavy atom. The van der Waals surface area contributed by atoms with Crippen molar-refractivity contribution in [1.82, 2.24) is 5.32 Å². The third-order valence-corrected chi connectivity index (χ3v) is 1.20. The molecule has 1 saturated heterocycles. The van der Waals surface area contributed by atoms with E-state index in [1.54, 1.807) is 0 Å². The van der Waals surface area contributed by atoms with E-state index in [2.05, 4.69) is 5.32 Å². The Bertz CT molecular complexity index is 38.1. The highest BCUT2D eigenvalue weighted by Gasteiger charge is 2.12. The molecule has 0 unspecified atom stereocenters. The molecule has 2 heteroatoms. The molecule has 0 aliphatic carbocycles. The summed E-state index contributed by atoms with van der Waals surface area (Å²) in [6.45, 7) is 3.12.